The molecule has 1 N–H and O–H groups in total. The van der Waals surface area contributed by atoms with Crippen LogP contribution in [0.3, 0.4) is 0 Å². The number of aryl methyl sites for hydroxylation is 1. The molecule has 0 aliphatic heterocycles. The molecule has 2 aromatic rings. The molecule has 2 aromatic heterocycles. The van der Waals surface area contributed by atoms with Crippen molar-refractivity contribution in [2.75, 3.05) is 0 Å². The lowest BCUT2D eigenvalue weighted by molar-refractivity contribution is 1.42. The summed E-state index contributed by atoms with van der Waals surface area (Å²) in [5.41, 5.74) is 1.25. The molecule has 0 saturated heterocycles. The van der Waals surface area contributed by atoms with E-state index in [9.17, 15) is 0 Å². The van der Waals surface area contributed by atoms with E-state index in [-0.39, 0.29) is 0 Å². The lowest BCUT2D eigenvalue weighted by Crippen LogP contribution is -1.69. The van der Waals surface area contributed by atoms with Gasteiger partial charge in [0.25, 0.3) is 0 Å². The van der Waals surface area contributed by atoms with Gasteiger partial charge in [-0.05, 0) is 28.7 Å². The van der Waals surface area contributed by atoms with Crippen molar-refractivity contribution in [1.82, 2.24) is 4.98 Å². The fraction of sp³-hybridized carbons (Fsp3) is 0.111. The fourth-order valence-corrected chi connectivity index (χ4v) is 2.40. The normalized spacial score (nSPS) is 11.9. The Morgan fingerprint density at radius 2 is 2.18 bits per heavy atom. The molecule has 11 heavy (non-hydrogen) atoms. The predicted octanol–water partition coefficient (Wildman–Crippen LogP) is 2.97. The van der Waals surface area contributed by atoms with Crippen molar-refractivity contribution in [3.63, 3.8) is 0 Å². The van der Waals surface area contributed by atoms with E-state index in [0.717, 1.165) is 0 Å². The molecule has 0 bridgehead atoms. The van der Waals surface area contributed by atoms with Gasteiger partial charge in [0.2, 0.25) is 0 Å². The molecule has 2 rings (SSSR count). The minimum Gasteiger partial charge on any atom is -0.357 e. The van der Waals surface area contributed by atoms with Crippen LogP contribution in [-0.2, 0) is 6.26 Å². The Kier molecular flexibility index (Phi) is 1.55. The van der Waals surface area contributed by atoms with Crippen LogP contribution in [0.25, 0.3) is 10.6 Å². The molecule has 0 amide bonds. The van der Waals surface area contributed by atoms with E-state index in [1.165, 1.54) is 10.6 Å². The maximum absolute atomic E-state index is 3.21. The third-order valence-corrected chi connectivity index (χ3v) is 3.36. The van der Waals surface area contributed by atoms with E-state index < -0.39 is 0 Å². The summed E-state index contributed by atoms with van der Waals surface area (Å²) in [6.07, 6.45) is 4.20. The first-order valence-electron chi connectivity index (χ1n) is 3.55. The van der Waals surface area contributed by atoms with Crippen LogP contribution in [0.15, 0.2) is 35.8 Å². The number of aromatic amines is 1. The van der Waals surface area contributed by atoms with Crippen LogP contribution in [-0.4, -0.2) is 4.98 Å². The number of hydrogen-bond donors (Lipinski definition) is 1. The Morgan fingerprint density at radius 3 is 2.73 bits per heavy atom. The monoisotopic (exact) mass is 164 g/mol. The van der Waals surface area contributed by atoms with Gasteiger partial charge in [-0.2, -0.15) is 0 Å². The highest BCUT2D eigenvalue weighted by atomic mass is 32.2. The summed E-state index contributed by atoms with van der Waals surface area (Å²) in [7, 11) is 0.309. The van der Waals surface area contributed by atoms with Crippen LogP contribution in [0.4, 0.5) is 0 Å². The highest BCUT2D eigenvalue weighted by molar-refractivity contribution is 7.31. The number of nitrogens with one attached hydrogen (secondary N) is 1. The minimum atomic E-state index is 0.309. The van der Waals surface area contributed by atoms with E-state index in [4.69, 9.17) is 0 Å². The maximum atomic E-state index is 3.21. The molecule has 1 unspecified atom stereocenters. The third kappa shape index (κ3) is 1.10. The molecule has 0 fully saturated rings. The molecule has 0 spiro atoms. The first-order valence-corrected chi connectivity index (χ1v) is 5.24. The largest absolute Gasteiger partial charge is 0.357 e. The number of rotatable bonds is 1. The zero-order valence-corrected chi connectivity index (χ0v) is 7.19. The summed E-state index contributed by atoms with van der Waals surface area (Å²) in [6.45, 7) is 0. The van der Waals surface area contributed by atoms with Crippen LogP contribution >= 0.6 is 10.5 Å². The second-order valence-corrected chi connectivity index (χ2v) is 4.33. The van der Waals surface area contributed by atoms with Gasteiger partial charge in [-0.1, -0.05) is 0 Å². The van der Waals surface area contributed by atoms with Gasteiger partial charge in [-0.25, -0.2) is 0 Å². The van der Waals surface area contributed by atoms with Gasteiger partial charge in [0.15, 0.2) is 4.88 Å². The van der Waals surface area contributed by atoms with Crippen LogP contribution in [0, 0.1) is 0 Å². The second-order valence-electron chi connectivity index (χ2n) is 2.50. The molecule has 2 heterocycles. The molecule has 0 aliphatic rings. The van der Waals surface area contributed by atoms with Crippen molar-refractivity contribution in [1.29, 1.82) is 0 Å². The SMILES string of the molecule is C[s+]1cccc1-c1ccc[nH]1. The first kappa shape index (κ1) is 6.68. The topological polar surface area (TPSA) is 15.8 Å². The van der Waals surface area contributed by atoms with Gasteiger partial charge in [-0.3, -0.25) is 0 Å². The molecule has 0 radical (unpaired) electrons. The van der Waals surface area contributed by atoms with Gasteiger partial charge in [-0.15, -0.1) is 0 Å². The van der Waals surface area contributed by atoms with E-state index in [1.54, 1.807) is 0 Å². The van der Waals surface area contributed by atoms with Crippen molar-refractivity contribution < 1.29 is 0 Å². The zero-order valence-electron chi connectivity index (χ0n) is 6.37. The summed E-state index contributed by atoms with van der Waals surface area (Å²) in [5.74, 6) is 0. The van der Waals surface area contributed by atoms with E-state index in [1.807, 2.05) is 12.3 Å². The predicted molar refractivity (Wildman–Crippen MR) is 49.7 cm³/mol. The number of H-pyrrole nitrogens is 1. The minimum absolute atomic E-state index is 0.309. The van der Waals surface area contributed by atoms with Crippen LogP contribution in [0.1, 0.15) is 0 Å². The molecule has 0 aliphatic carbocycles. The Bertz CT molecular complexity index is 332. The molecule has 1 nitrogen and oxygen atoms in total. The molecule has 0 aromatic carbocycles. The van der Waals surface area contributed by atoms with Gasteiger partial charge in [0, 0.05) is 12.3 Å². The van der Waals surface area contributed by atoms with E-state index in [0.29, 0.717) is 10.5 Å². The molecule has 1 atom stereocenters. The van der Waals surface area contributed by atoms with Crippen molar-refractivity contribution in [2.24, 2.45) is 6.26 Å². The second kappa shape index (κ2) is 2.55. The Morgan fingerprint density at radius 1 is 1.27 bits per heavy atom. The average molecular weight is 164 g/mol. The van der Waals surface area contributed by atoms with Gasteiger partial charge >= 0.3 is 0 Å². The molecular formula is C9H10NS+. The number of thiophene rings is 1. The summed E-state index contributed by atoms with van der Waals surface area (Å²) in [5, 5.41) is 2.23. The van der Waals surface area contributed by atoms with Crippen molar-refractivity contribution in [2.45, 2.75) is 0 Å². The highest BCUT2D eigenvalue weighted by Gasteiger charge is 2.09. The fourth-order valence-electron chi connectivity index (χ4n) is 1.17. The van der Waals surface area contributed by atoms with E-state index >= 15 is 0 Å². The molecular weight excluding hydrogens is 154 g/mol. The maximum Gasteiger partial charge on any atom is 0.196 e. The van der Waals surface area contributed by atoms with Gasteiger partial charge in [0.1, 0.15) is 11.6 Å². The lowest BCUT2D eigenvalue weighted by atomic mass is 10.3. The van der Waals surface area contributed by atoms with Crippen molar-refractivity contribution >= 4 is 10.5 Å². The highest BCUT2D eigenvalue weighted by Crippen LogP contribution is 2.30. The summed E-state index contributed by atoms with van der Waals surface area (Å²) in [6, 6.07) is 8.45. The Balaban J connectivity index is 2.53. The van der Waals surface area contributed by atoms with Crippen molar-refractivity contribution in [3.05, 3.63) is 35.8 Å². The van der Waals surface area contributed by atoms with Crippen LogP contribution < -0.4 is 0 Å². The lowest BCUT2D eigenvalue weighted by Gasteiger charge is -1.85. The Hall–Kier alpha value is -1.02. The van der Waals surface area contributed by atoms with Crippen LogP contribution in [0.5, 0.6) is 0 Å². The molecule has 2 heteroatoms. The number of aromatic nitrogens is 1. The van der Waals surface area contributed by atoms with Crippen LogP contribution in [0.2, 0.25) is 0 Å². The van der Waals surface area contributed by atoms with Gasteiger partial charge < -0.3 is 4.98 Å². The van der Waals surface area contributed by atoms with E-state index in [2.05, 4.69) is 34.8 Å². The van der Waals surface area contributed by atoms with Gasteiger partial charge in [0.05, 0.1) is 5.69 Å². The first-order chi connectivity index (χ1) is 5.38. The molecule has 0 saturated carbocycles. The third-order valence-electron chi connectivity index (χ3n) is 1.74. The zero-order chi connectivity index (χ0) is 7.68. The summed E-state index contributed by atoms with van der Waals surface area (Å²) < 4.78 is 0. The summed E-state index contributed by atoms with van der Waals surface area (Å²) >= 11 is 0. The smallest absolute Gasteiger partial charge is 0.196 e. The average Bonchev–Trinajstić information content (AvgIpc) is 2.55. The Labute approximate surface area is 68.7 Å². The summed E-state index contributed by atoms with van der Waals surface area (Å²) in [4.78, 5) is 4.62. The molecule has 56 valence electrons. The number of hydrogen-bond acceptors (Lipinski definition) is 0. The quantitative estimate of drug-likeness (QED) is 0.624. The standard InChI is InChI=1S/C9H10NS/c1-11-7-3-5-9(11)8-4-2-6-10-8/h2-7,10H,1H3/q+1. The van der Waals surface area contributed by atoms with Crippen molar-refractivity contribution in [3.8, 4) is 10.6 Å².